The van der Waals surface area contributed by atoms with Crippen LogP contribution in [0.4, 0.5) is 4.39 Å². The van der Waals surface area contributed by atoms with Gasteiger partial charge in [0.25, 0.3) is 5.91 Å². The lowest BCUT2D eigenvalue weighted by atomic mass is 9.89. The summed E-state index contributed by atoms with van der Waals surface area (Å²) in [5.41, 5.74) is 2.26. The number of morpholine rings is 1. The fourth-order valence-electron chi connectivity index (χ4n) is 5.42. The number of nitrogens with one attached hydrogen (secondary N) is 1. The van der Waals surface area contributed by atoms with Gasteiger partial charge in [-0.3, -0.25) is 14.4 Å². The summed E-state index contributed by atoms with van der Waals surface area (Å²) in [6, 6.07) is 15.3. The van der Waals surface area contributed by atoms with Crippen molar-refractivity contribution in [3.63, 3.8) is 0 Å². The molecule has 1 N–H and O–H groups in total. The van der Waals surface area contributed by atoms with E-state index < -0.39 is 0 Å². The van der Waals surface area contributed by atoms with Gasteiger partial charge in [0.1, 0.15) is 5.82 Å². The quantitative estimate of drug-likeness (QED) is 0.624. The highest BCUT2D eigenvalue weighted by atomic mass is 19.1. The third-order valence-corrected chi connectivity index (χ3v) is 7.32. The molecule has 3 aliphatic rings. The molecule has 2 aliphatic heterocycles. The molecule has 2 saturated heterocycles. The summed E-state index contributed by atoms with van der Waals surface area (Å²) in [6.07, 6.45) is 4.06. The van der Waals surface area contributed by atoms with Crippen LogP contribution in [0.2, 0.25) is 0 Å². The number of halogens is 1. The van der Waals surface area contributed by atoms with E-state index in [9.17, 15) is 9.18 Å². The first kappa shape index (κ1) is 20.8. The van der Waals surface area contributed by atoms with Gasteiger partial charge in [-0.25, -0.2) is 4.39 Å². The highest BCUT2D eigenvalue weighted by molar-refractivity contribution is 6.05. The van der Waals surface area contributed by atoms with Gasteiger partial charge in [-0.1, -0.05) is 36.4 Å². The summed E-state index contributed by atoms with van der Waals surface area (Å²) in [6.45, 7) is 2.67. The SMILES string of the molecule is O=C(N[C@H]1C[C@H]2COC[C@@H](C1)N2Cc1ccccc1F)c1nn(CC2CC2)c2ccccc12. The number of hydrogen-bond donors (Lipinski definition) is 1. The Morgan fingerprint density at radius 2 is 1.79 bits per heavy atom. The Labute approximate surface area is 192 Å². The lowest BCUT2D eigenvalue weighted by molar-refractivity contribution is -0.0846. The lowest BCUT2D eigenvalue weighted by Gasteiger charge is -2.48. The van der Waals surface area contributed by atoms with E-state index in [0.29, 0.717) is 36.9 Å². The van der Waals surface area contributed by atoms with Crippen LogP contribution in [0.15, 0.2) is 48.5 Å². The molecular formula is C26H29FN4O2. The van der Waals surface area contributed by atoms with Crippen molar-refractivity contribution >= 4 is 16.8 Å². The van der Waals surface area contributed by atoms with Crippen molar-refractivity contribution in [3.8, 4) is 0 Å². The predicted molar refractivity (Wildman–Crippen MR) is 123 cm³/mol. The lowest BCUT2D eigenvalue weighted by Crippen LogP contribution is -2.60. The maximum Gasteiger partial charge on any atom is 0.272 e. The van der Waals surface area contributed by atoms with E-state index in [1.807, 2.05) is 41.1 Å². The number of benzene rings is 2. The minimum atomic E-state index is -0.166. The van der Waals surface area contributed by atoms with Gasteiger partial charge in [-0.2, -0.15) is 5.10 Å². The average Bonchev–Trinajstić information content (AvgIpc) is 3.55. The molecule has 3 heterocycles. The zero-order valence-corrected chi connectivity index (χ0v) is 18.6. The topological polar surface area (TPSA) is 59.4 Å². The summed E-state index contributed by atoms with van der Waals surface area (Å²) >= 11 is 0. The molecule has 33 heavy (non-hydrogen) atoms. The van der Waals surface area contributed by atoms with E-state index in [1.165, 1.54) is 18.9 Å². The Kier molecular flexibility index (Phi) is 5.38. The molecule has 3 fully saturated rings. The van der Waals surface area contributed by atoms with Crippen LogP contribution in [-0.2, 0) is 17.8 Å². The molecule has 172 valence electrons. The van der Waals surface area contributed by atoms with Crippen LogP contribution in [0.1, 0.15) is 41.7 Å². The molecule has 6 rings (SSSR count). The molecule has 7 heteroatoms. The van der Waals surface area contributed by atoms with Crippen LogP contribution >= 0.6 is 0 Å². The van der Waals surface area contributed by atoms with Gasteiger partial charge < -0.3 is 10.1 Å². The van der Waals surface area contributed by atoms with Crippen molar-refractivity contribution in [1.29, 1.82) is 0 Å². The van der Waals surface area contributed by atoms with Crippen molar-refractivity contribution in [2.24, 2.45) is 5.92 Å². The normalized spacial score (nSPS) is 25.3. The van der Waals surface area contributed by atoms with Crippen LogP contribution in [-0.4, -0.2) is 51.9 Å². The van der Waals surface area contributed by atoms with Crippen molar-refractivity contribution in [2.75, 3.05) is 13.2 Å². The first-order valence-electron chi connectivity index (χ1n) is 12.0. The highest BCUT2D eigenvalue weighted by Crippen LogP contribution is 2.33. The number of hydrogen-bond acceptors (Lipinski definition) is 4. The highest BCUT2D eigenvalue weighted by Gasteiger charge is 2.40. The van der Waals surface area contributed by atoms with Crippen LogP contribution in [0.25, 0.3) is 10.9 Å². The Bertz CT molecular complexity index is 1160. The van der Waals surface area contributed by atoms with E-state index in [0.717, 1.165) is 30.3 Å². The summed E-state index contributed by atoms with van der Waals surface area (Å²) < 4.78 is 22.1. The van der Waals surface area contributed by atoms with Crippen LogP contribution in [0.3, 0.4) is 0 Å². The minimum absolute atomic E-state index is 0.0561. The molecule has 1 aliphatic carbocycles. The second-order valence-electron chi connectivity index (χ2n) is 9.74. The van der Waals surface area contributed by atoms with E-state index in [4.69, 9.17) is 9.84 Å². The molecule has 1 aromatic heterocycles. The Balaban J connectivity index is 1.18. The number of carbonyl (C=O) groups is 1. The number of ether oxygens (including phenoxy) is 1. The first-order chi connectivity index (χ1) is 16.2. The number of amides is 1. The fraction of sp³-hybridized carbons (Fsp3) is 0.462. The number of para-hydroxylation sites is 1. The van der Waals surface area contributed by atoms with Gasteiger partial charge in [0.05, 0.1) is 18.7 Å². The van der Waals surface area contributed by atoms with Crippen molar-refractivity contribution in [3.05, 3.63) is 65.6 Å². The summed E-state index contributed by atoms with van der Waals surface area (Å²) in [4.78, 5) is 15.6. The molecule has 0 unspecified atom stereocenters. The summed E-state index contributed by atoms with van der Waals surface area (Å²) in [5.74, 6) is 0.412. The zero-order chi connectivity index (χ0) is 22.4. The second kappa shape index (κ2) is 8.54. The van der Waals surface area contributed by atoms with Crippen molar-refractivity contribution < 1.29 is 13.9 Å². The van der Waals surface area contributed by atoms with Gasteiger partial charge in [0, 0.05) is 42.2 Å². The molecule has 1 amide bonds. The fourth-order valence-corrected chi connectivity index (χ4v) is 5.42. The summed E-state index contributed by atoms with van der Waals surface area (Å²) in [7, 11) is 0. The number of piperidine rings is 1. The minimum Gasteiger partial charge on any atom is -0.378 e. The molecule has 0 spiro atoms. The largest absolute Gasteiger partial charge is 0.378 e. The Morgan fingerprint density at radius 1 is 1.06 bits per heavy atom. The molecule has 2 aromatic carbocycles. The molecule has 0 radical (unpaired) electrons. The van der Waals surface area contributed by atoms with E-state index in [1.54, 1.807) is 6.07 Å². The first-order valence-corrected chi connectivity index (χ1v) is 12.0. The maximum atomic E-state index is 14.2. The molecule has 3 atom stereocenters. The molecule has 6 nitrogen and oxygen atoms in total. The second-order valence-corrected chi connectivity index (χ2v) is 9.74. The molecular weight excluding hydrogens is 419 g/mol. The molecule has 1 saturated carbocycles. The Hall–Kier alpha value is -2.77. The number of rotatable bonds is 6. The summed E-state index contributed by atoms with van der Waals surface area (Å²) in [5, 5.41) is 8.89. The standard InChI is InChI=1S/C26H29FN4O2/c27-23-7-3-1-5-18(23)14-30-20-11-19(12-21(30)16-33-15-20)28-26(32)25-22-6-2-4-8-24(22)31(29-25)13-17-9-10-17/h1-8,17,19-21H,9-16H2,(H,28,32)/t19-,20-,21+. The van der Waals surface area contributed by atoms with Crippen LogP contribution < -0.4 is 5.32 Å². The van der Waals surface area contributed by atoms with Gasteiger partial charge in [0.2, 0.25) is 0 Å². The third-order valence-electron chi connectivity index (χ3n) is 7.32. The van der Waals surface area contributed by atoms with Gasteiger partial charge in [-0.05, 0) is 43.7 Å². The van der Waals surface area contributed by atoms with Crippen LogP contribution in [0, 0.1) is 11.7 Å². The molecule has 3 aromatic rings. The number of aromatic nitrogens is 2. The molecule has 2 bridgehead atoms. The number of carbonyl (C=O) groups excluding carboxylic acids is 1. The number of fused-ring (bicyclic) bond motifs is 3. The average molecular weight is 449 g/mol. The number of nitrogens with zero attached hydrogens (tertiary/aromatic N) is 3. The smallest absolute Gasteiger partial charge is 0.272 e. The monoisotopic (exact) mass is 448 g/mol. The van der Waals surface area contributed by atoms with Crippen molar-refractivity contribution in [2.45, 2.75) is 56.9 Å². The zero-order valence-electron chi connectivity index (χ0n) is 18.6. The Morgan fingerprint density at radius 3 is 2.55 bits per heavy atom. The maximum absolute atomic E-state index is 14.2. The van der Waals surface area contributed by atoms with Gasteiger partial charge in [0.15, 0.2) is 5.69 Å². The predicted octanol–water partition coefficient (Wildman–Crippen LogP) is 3.75. The van der Waals surface area contributed by atoms with E-state index in [-0.39, 0.29) is 29.8 Å². The third kappa shape index (κ3) is 4.15. The van der Waals surface area contributed by atoms with Gasteiger partial charge in [-0.15, -0.1) is 0 Å². The van der Waals surface area contributed by atoms with E-state index in [2.05, 4.69) is 10.2 Å². The van der Waals surface area contributed by atoms with Crippen LogP contribution in [0.5, 0.6) is 0 Å². The van der Waals surface area contributed by atoms with Crippen molar-refractivity contribution in [1.82, 2.24) is 20.0 Å². The van der Waals surface area contributed by atoms with E-state index >= 15 is 0 Å². The van der Waals surface area contributed by atoms with Gasteiger partial charge >= 0.3 is 0 Å².